The first-order chi connectivity index (χ1) is 8.56. The van der Waals surface area contributed by atoms with Gasteiger partial charge in [0.05, 0.1) is 28.4 Å². The van der Waals surface area contributed by atoms with E-state index in [9.17, 15) is 14.9 Å². The molecule has 0 unspecified atom stereocenters. The van der Waals surface area contributed by atoms with Gasteiger partial charge in [-0.3, -0.25) is 10.1 Å². The molecule has 0 aliphatic rings. The van der Waals surface area contributed by atoms with Crippen LogP contribution >= 0.6 is 11.6 Å². The molecule has 0 bridgehead atoms. The van der Waals surface area contributed by atoms with E-state index in [1.54, 1.807) is 31.2 Å². The molecule has 18 heavy (non-hydrogen) atoms. The van der Waals surface area contributed by atoms with Gasteiger partial charge in [-0.15, -0.1) is 0 Å². The highest BCUT2D eigenvalue weighted by Crippen LogP contribution is 2.20. The Bertz CT molecular complexity index is 488. The maximum absolute atomic E-state index is 11.3. The van der Waals surface area contributed by atoms with Gasteiger partial charge in [0.15, 0.2) is 0 Å². The zero-order chi connectivity index (χ0) is 13.5. The molecule has 0 aromatic heterocycles. The minimum atomic E-state index is -0.998. The number of hydrogen-bond acceptors (Lipinski definition) is 5. The van der Waals surface area contributed by atoms with E-state index in [4.69, 9.17) is 11.6 Å². The molecular weight excluding hydrogens is 260 g/mol. The Morgan fingerprint density at radius 3 is 2.78 bits per heavy atom. The third-order valence-electron chi connectivity index (χ3n) is 1.92. The van der Waals surface area contributed by atoms with E-state index in [-0.39, 0.29) is 6.61 Å². The van der Waals surface area contributed by atoms with Gasteiger partial charge < -0.3 is 10.1 Å². The molecule has 1 aromatic rings. The van der Waals surface area contributed by atoms with E-state index >= 15 is 0 Å². The average Bonchev–Trinajstić information content (AvgIpc) is 2.31. The first-order valence-electron chi connectivity index (χ1n) is 5.09. The number of nitrogens with one attached hydrogen (secondary N) is 1. The lowest BCUT2D eigenvalue weighted by Crippen LogP contribution is -2.16. The number of carbonyl (C=O) groups is 1. The quantitative estimate of drug-likeness (QED) is 0.385. The Morgan fingerprint density at radius 2 is 2.22 bits per heavy atom. The van der Waals surface area contributed by atoms with Crippen molar-refractivity contribution in [3.8, 4) is 0 Å². The van der Waals surface area contributed by atoms with Gasteiger partial charge in [-0.05, 0) is 19.1 Å². The van der Waals surface area contributed by atoms with Gasteiger partial charge in [-0.25, -0.2) is 4.79 Å². The number of ether oxygens (including phenoxy) is 1. The average molecular weight is 271 g/mol. The lowest BCUT2D eigenvalue weighted by Gasteiger charge is -2.03. The van der Waals surface area contributed by atoms with Crippen molar-refractivity contribution in [2.45, 2.75) is 6.92 Å². The fourth-order valence-electron chi connectivity index (χ4n) is 1.12. The van der Waals surface area contributed by atoms with Gasteiger partial charge in [0.25, 0.3) is 0 Å². The molecule has 0 saturated carbocycles. The summed E-state index contributed by atoms with van der Waals surface area (Å²) >= 11 is 5.85. The Kier molecular flexibility index (Phi) is 5.13. The molecule has 1 aromatic carbocycles. The second-order valence-electron chi connectivity index (χ2n) is 3.13. The number of rotatable bonds is 5. The molecule has 7 heteroatoms. The standard InChI is InChI=1S/C11H11ClN2O4/c1-2-18-11(15)10(14(16)17)7-13-9-6-4-3-5-8(9)12/h3-7,13H,2H2,1H3. The highest BCUT2D eigenvalue weighted by molar-refractivity contribution is 6.33. The van der Waals surface area contributed by atoms with Crippen LogP contribution < -0.4 is 5.32 Å². The van der Waals surface area contributed by atoms with Crippen molar-refractivity contribution in [1.82, 2.24) is 0 Å². The number of esters is 1. The lowest BCUT2D eigenvalue weighted by molar-refractivity contribution is -0.421. The van der Waals surface area contributed by atoms with E-state index in [0.29, 0.717) is 10.7 Å². The summed E-state index contributed by atoms with van der Waals surface area (Å²) in [6.07, 6.45) is 0.958. The Labute approximate surface area is 108 Å². The molecule has 0 atom stereocenters. The number of nitro groups is 1. The number of carbonyl (C=O) groups excluding carboxylic acids is 1. The van der Waals surface area contributed by atoms with E-state index in [1.165, 1.54) is 0 Å². The van der Waals surface area contributed by atoms with Crippen molar-refractivity contribution >= 4 is 23.3 Å². The summed E-state index contributed by atoms with van der Waals surface area (Å²) in [6.45, 7) is 1.63. The molecule has 0 aliphatic heterocycles. The molecule has 0 fully saturated rings. The van der Waals surface area contributed by atoms with E-state index in [0.717, 1.165) is 6.20 Å². The summed E-state index contributed by atoms with van der Waals surface area (Å²) in [5.74, 6) is -0.998. The van der Waals surface area contributed by atoms with Crippen LogP contribution in [0, 0.1) is 10.1 Å². The molecule has 1 N–H and O–H groups in total. The molecule has 0 heterocycles. The van der Waals surface area contributed by atoms with Gasteiger partial charge in [0.2, 0.25) is 0 Å². The third-order valence-corrected chi connectivity index (χ3v) is 2.25. The fraction of sp³-hybridized carbons (Fsp3) is 0.182. The van der Waals surface area contributed by atoms with Gasteiger partial charge in [0.1, 0.15) is 0 Å². The van der Waals surface area contributed by atoms with Crippen LogP contribution in [0.25, 0.3) is 0 Å². The number of para-hydroxylation sites is 1. The van der Waals surface area contributed by atoms with Crippen LogP contribution in [0.4, 0.5) is 5.69 Å². The zero-order valence-electron chi connectivity index (χ0n) is 9.55. The topological polar surface area (TPSA) is 81.5 Å². The van der Waals surface area contributed by atoms with Crippen molar-refractivity contribution in [3.05, 3.63) is 51.3 Å². The van der Waals surface area contributed by atoms with Crippen LogP contribution in [0.2, 0.25) is 5.02 Å². The van der Waals surface area contributed by atoms with Gasteiger partial charge >= 0.3 is 11.7 Å². The molecule has 96 valence electrons. The molecule has 0 aliphatic carbocycles. The monoisotopic (exact) mass is 270 g/mol. The summed E-state index contributed by atoms with van der Waals surface area (Å²) in [5, 5.41) is 13.7. The van der Waals surface area contributed by atoms with Crippen LogP contribution in [-0.4, -0.2) is 17.5 Å². The maximum atomic E-state index is 11.3. The summed E-state index contributed by atoms with van der Waals surface area (Å²) < 4.78 is 4.56. The molecule has 0 amide bonds. The Balaban J connectivity index is 2.88. The Morgan fingerprint density at radius 1 is 1.56 bits per heavy atom. The van der Waals surface area contributed by atoms with Gasteiger partial charge in [0, 0.05) is 0 Å². The number of nitrogens with zero attached hydrogens (tertiary/aromatic N) is 1. The second kappa shape index (κ2) is 6.61. The van der Waals surface area contributed by atoms with Gasteiger partial charge in [-0.2, -0.15) is 0 Å². The van der Waals surface area contributed by atoms with Crippen LogP contribution in [0.3, 0.4) is 0 Å². The predicted molar refractivity (Wildman–Crippen MR) is 66.8 cm³/mol. The summed E-state index contributed by atoms with van der Waals surface area (Å²) in [5.41, 5.74) is -0.223. The maximum Gasteiger partial charge on any atom is 0.411 e. The first kappa shape index (κ1) is 14.0. The molecule has 0 saturated heterocycles. The van der Waals surface area contributed by atoms with E-state index in [1.807, 2.05) is 0 Å². The van der Waals surface area contributed by atoms with Crippen molar-refractivity contribution in [2.75, 3.05) is 11.9 Å². The third kappa shape index (κ3) is 3.74. The molecular formula is C11H11ClN2O4. The van der Waals surface area contributed by atoms with Gasteiger partial charge in [-0.1, -0.05) is 23.7 Å². The summed E-state index contributed by atoms with van der Waals surface area (Å²) in [4.78, 5) is 21.2. The number of benzene rings is 1. The van der Waals surface area contributed by atoms with E-state index in [2.05, 4.69) is 10.1 Å². The minimum absolute atomic E-state index is 0.0656. The van der Waals surface area contributed by atoms with Crippen LogP contribution in [0.5, 0.6) is 0 Å². The summed E-state index contributed by atoms with van der Waals surface area (Å²) in [6, 6.07) is 6.67. The van der Waals surface area contributed by atoms with E-state index < -0.39 is 16.6 Å². The molecule has 6 nitrogen and oxygen atoms in total. The molecule has 1 rings (SSSR count). The smallest absolute Gasteiger partial charge is 0.411 e. The molecule has 0 spiro atoms. The second-order valence-corrected chi connectivity index (χ2v) is 3.54. The van der Waals surface area contributed by atoms with Crippen molar-refractivity contribution in [2.24, 2.45) is 0 Å². The predicted octanol–water partition coefficient (Wildman–Crippen LogP) is 2.43. The number of halogens is 1. The number of hydrogen-bond donors (Lipinski definition) is 1. The normalized spacial score (nSPS) is 10.9. The highest BCUT2D eigenvalue weighted by atomic mass is 35.5. The van der Waals surface area contributed by atoms with Crippen molar-refractivity contribution < 1.29 is 14.5 Å². The fourth-order valence-corrected chi connectivity index (χ4v) is 1.31. The van der Waals surface area contributed by atoms with Crippen LogP contribution in [-0.2, 0) is 9.53 Å². The first-order valence-corrected chi connectivity index (χ1v) is 5.46. The molecule has 0 radical (unpaired) electrons. The number of anilines is 1. The SMILES string of the molecule is CCOC(=O)C(=CNc1ccccc1Cl)[N+](=O)[O-]. The zero-order valence-corrected chi connectivity index (χ0v) is 10.3. The highest BCUT2D eigenvalue weighted by Gasteiger charge is 2.23. The van der Waals surface area contributed by atoms with Crippen molar-refractivity contribution in [3.63, 3.8) is 0 Å². The van der Waals surface area contributed by atoms with Crippen molar-refractivity contribution in [1.29, 1.82) is 0 Å². The van der Waals surface area contributed by atoms with Crippen LogP contribution in [0.1, 0.15) is 6.92 Å². The lowest BCUT2D eigenvalue weighted by atomic mass is 10.3. The summed E-state index contributed by atoms with van der Waals surface area (Å²) in [7, 11) is 0. The van der Waals surface area contributed by atoms with Crippen LogP contribution in [0.15, 0.2) is 36.2 Å². The minimum Gasteiger partial charge on any atom is -0.458 e. The largest absolute Gasteiger partial charge is 0.458 e. The Hall–Kier alpha value is -2.08.